The van der Waals surface area contributed by atoms with Crippen molar-refractivity contribution in [3.05, 3.63) is 115 Å². The van der Waals surface area contributed by atoms with Crippen LogP contribution in [0.1, 0.15) is 30.4 Å². The quantitative estimate of drug-likeness (QED) is 0.138. The number of para-hydroxylation sites is 3. The Hall–Kier alpha value is -3.66. The van der Waals surface area contributed by atoms with Crippen LogP contribution in [-0.4, -0.2) is 31.3 Å². The number of aromatic nitrogens is 2. The second kappa shape index (κ2) is 10.8. The number of benzene rings is 4. The molecule has 1 aliphatic rings. The summed E-state index contributed by atoms with van der Waals surface area (Å²) in [7, 11) is -2.31. The van der Waals surface area contributed by atoms with Crippen LogP contribution in [0.4, 0.5) is 17.1 Å². The summed E-state index contributed by atoms with van der Waals surface area (Å²) in [5.41, 5.74) is 5.82. The molecule has 1 aliphatic heterocycles. The Labute approximate surface area is 274 Å². The summed E-state index contributed by atoms with van der Waals surface area (Å²) >= 11 is 0. The molecule has 4 nitrogen and oxygen atoms in total. The van der Waals surface area contributed by atoms with Gasteiger partial charge >= 0.3 is 21.1 Å². The summed E-state index contributed by atoms with van der Waals surface area (Å²) < 4.78 is 26.6. The van der Waals surface area contributed by atoms with E-state index in [4.69, 9.17) is 9.10 Å². The molecule has 0 N–H and O–H groups in total. The van der Waals surface area contributed by atoms with Crippen molar-refractivity contribution >= 4 is 57.3 Å². The van der Waals surface area contributed by atoms with Crippen LogP contribution in [0.25, 0.3) is 27.6 Å². The first-order valence-corrected chi connectivity index (χ1v) is 17.4. The van der Waals surface area contributed by atoms with Gasteiger partial charge in [0, 0.05) is 22.8 Å². The van der Waals surface area contributed by atoms with Crippen molar-refractivity contribution in [2.45, 2.75) is 39.3 Å². The molecule has 218 valence electrons. The number of pyridine rings is 1. The maximum atomic E-state index is 8.11. The summed E-state index contributed by atoms with van der Waals surface area (Å²) in [5.74, 6) is 0.890. The fourth-order valence-corrected chi connectivity index (χ4v) is 8.22. The molecule has 6 heteroatoms. The molecule has 0 bridgehead atoms. The third-order valence-corrected chi connectivity index (χ3v) is 11.9. The molecular weight excluding hydrogens is 724 g/mol. The molecule has 0 fully saturated rings. The Morgan fingerprint density at radius 2 is 1.56 bits per heavy atom. The van der Waals surface area contributed by atoms with Crippen LogP contribution in [0.5, 0.6) is 0 Å². The minimum atomic E-state index is -2.31. The number of hydrogen-bond acceptors (Lipinski definition) is 3. The van der Waals surface area contributed by atoms with E-state index < -0.39 is 15.0 Å². The summed E-state index contributed by atoms with van der Waals surface area (Å²) in [6, 6.07) is 38.8. The van der Waals surface area contributed by atoms with Gasteiger partial charge in [-0.2, -0.15) is 46.8 Å². The predicted molar refractivity (Wildman–Crippen MR) is 180 cm³/mol. The van der Waals surface area contributed by atoms with E-state index in [9.17, 15) is 0 Å². The van der Waals surface area contributed by atoms with Crippen molar-refractivity contribution in [1.29, 1.82) is 0 Å². The maximum absolute atomic E-state index is 8.11. The molecule has 0 radical (unpaired) electrons. The first-order chi connectivity index (χ1) is 21.3. The number of nitrogens with zero attached hydrogens (tertiary/aromatic N) is 4. The van der Waals surface area contributed by atoms with Crippen molar-refractivity contribution in [2.75, 3.05) is 23.4 Å². The molecule has 3 heterocycles. The molecular formula is C37H36N4PtSi. The minimum absolute atomic E-state index is 0. The predicted octanol–water partition coefficient (Wildman–Crippen LogP) is 7.44. The van der Waals surface area contributed by atoms with E-state index in [1.54, 1.807) is 0 Å². The standard InChI is InChI=1S/C37H36N4Si.Pt/c1-37(2,3)26-20-21-38-36(22-26)41-32-15-8-7-14-30(32)31-19-18-29(24-35(31)41)42(5,6)28-13-11-12-27(23-28)40-25-39(4)33-16-9-10-17-34(33)40;/h7-22H,25H2,1-6H3;/q-2;+2/i4D3;. The molecule has 0 saturated heterocycles. The normalized spacial score (nSPS) is 14.8. The van der Waals surface area contributed by atoms with E-state index >= 15 is 0 Å². The first-order valence-electron chi connectivity index (χ1n) is 15.9. The van der Waals surface area contributed by atoms with Crippen molar-refractivity contribution in [3.63, 3.8) is 0 Å². The monoisotopic (exact) mass is 762 g/mol. The van der Waals surface area contributed by atoms with Gasteiger partial charge < -0.3 is 14.4 Å². The number of rotatable bonds is 4. The van der Waals surface area contributed by atoms with Gasteiger partial charge in [0.15, 0.2) is 0 Å². The van der Waals surface area contributed by atoms with Crippen molar-refractivity contribution in [2.24, 2.45) is 0 Å². The van der Waals surface area contributed by atoms with Crippen LogP contribution in [-0.2, 0) is 26.5 Å². The zero-order chi connectivity index (χ0) is 31.7. The fraction of sp³-hybridized carbons (Fsp3) is 0.216. The van der Waals surface area contributed by atoms with Gasteiger partial charge in [-0.3, -0.25) is 0 Å². The third-order valence-electron chi connectivity index (χ3n) is 8.59. The first kappa shape index (κ1) is 25.8. The van der Waals surface area contributed by atoms with Gasteiger partial charge in [0.25, 0.3) is 0 Å². The summed E-state index contributed by atoms with van der Waals surface area (Å²) in [6.45, 7) is 9.35. The fourth-order valence-electron chi connectivity index (χ4n) is 6.05. The van der Waals surface area contributed by atoms with Crippen LogP contribution in [0, 0.1) is 12.1 Å². The van der Waals surface area contributed by atoms with Gasteiger partial charge in [0.05, 0.1) is 26.1 Å². The Morgan fingerprint density at radius 1 is 0.814 bits per heavy atom. The van der Waals surface area contributed by atoms with Crippen molar-refractivity contribution in [1.82, 2.24) is 9.55 Å². The van der Waals surface area contributed by atoms with Gasteiger partial charge in [0.2, 0.25) is 0 Å². The van der Waals surface area contributed by atoms with Gasteiger partial charge in [-0.1, -0.05) is 75.4 Å². The topological polar surface area (TPSA) is 24.3 Å². The van der Waals surface area contributed by atoms with Gasteiger partial charge in [-0.15, -0.1) is 11.5 Å². The van der Waals surface area contributed by atoms with E-state index in [2.05, 4.69) is 111 Å². The average Bonchev–Trinajstić information content (AvgIpc) is 3.57. The summed E-state index contributed by atoms with van der Waals surface area (Å²) in [5, 5.41) is 4.64. The SMILES string of the molecule is [2H]C([2H])([2H])N1CN(c2[c-]c([Si](C)(C)c3[c-]c4c(cc3)c3ccccc3n4-c3cc(C(C)(C)C)ccn3)ccc2)c2ccccc21.[Pt+2]. The van der Waals surface area contributed by atoms with Gasteiger partial charge in [0.1, 0.15) is 5.82 Å². The molecule has 0 saturated carbocycles. The molecule has 4 aromatic carbocycles. The molecule has 7 rings (SSSR count). The van der Waals surface area contributed by atoms with Gasteiger partial charge in [-0.25, -0.2) is 4.98 Å². The van der Waals surface area contributed by atoms with Gasteiger partial charge in [-0.05, 0) is 46.7 Å². The smallest absolute Gasteiger partial charge is 0.355 e. The average molecular weight is 763 g/mol. The molecule has 0 atom stereocenters. The third kappa shape index (κ3) is 4.93. The van der Waals surface area contributed by atoms with Crippen LogP contribution < -0.4 is 20.2 Å². The molecule has 0 spiro atoms. The zero-order valence-electron chi connectivity index (χ0n) is 28.0. The Bertz CT molecular complexity index is 2080. The van der Waals surface area contributed by atoms with Crippen LogP contribution in [0.2, 0.25) is 13.1 Å². The second-order valence-corrected chi connectivity index (χ2v) is 17.0. The Balaban J connectivity index is 0.00000372. The molecule has 6 aromatic rings. The molecule has 0 amide bonds. The summed E-state index contributed by atoms with van der Waals surface area (Å²) in [6.07, 6.45) is 1.91. The largest absolute Gasteiger partial charge is 2.00 e. The van der Waals surface area contributed by atoms with Crippen LogP contribution in [0.15, 0.2) is 97.2 Å². The van der Waals surface area contributed by atoms with Crippen molar-refractivity contribution < 1.29 is 25.2 Å². The van der Waals surface area contributed by atoms with E-state index in [1.165, 1.54) is 21.0 Å². The van der Waals surface area contributed by atoms with Crippen LogP contribution >= 0.6 is 0 Å². The Kier molecular flexibility index (Phi) is 6.48. The summed E-state index contributed by atoms with van der Waals surface area (Å²) in [4.78, 5) is 8.37. The second-order valence-electron chi connectivity index (χ2n) is 12.7. The zero-order valence-corrected chi connectivity index (χ0v) is 28.3. The minimum Gasteiger partial charge on any atom is -0.355 e. The van der Waals surface area contributed by atoms with Crippen LogP contribution in [0.3, 0.4) is 0 Å². The molecule has 0 unspecified atom stereocenters. The van der Waals surface area contributed by atoms with E-state index in [0.29, 0.717) is 5.69 Å². The molecule has 0 aliphatic carbocycles. The van der Waals surface area contributed by atoms with E-state index in [0.717, 1.165) is 38.8 Å². The molecule has 2 aromatic heterocycles. The number of hydrogen-bond donors (Lipinski definition) is 0. The number of anilines is 3. The van der Waals surface area contributed by atoms with E-state index in [-0.39, 0.29) is 33.1 Å². The number of fused-ring (bicyclic) bond motifs is 4. The van der Waals surface area contributed by atoms with Crippen molar-refractivity contribution in [3.8, 4) is 5.82 Å². The Morgan fingerprint density at radius 3 is 2.35 bits per heavy atom. The molecule has 43 heavy (non-hydrogen) atoms. The maximum Gasteiger partial charge on any atom is 2.00 e. The van der Waals surface area contributed by atoms with E-state index in [1.807, 2.05) is 41.4 Å².